The van der Waals surface area contributed by atoms with E-state index >= 15 is 0 Å². The minimum atomic E-state index is -0.437. The minimum Gasteiger partial charge on any atom is -0.485 e. The quantitative estimate of drug-likeness (QED) is 0.511. The van der Waals surface area contributed by atoms with Crippen molar-refractivity contribution in [3.63, 3.8) is 0 Å². The SMILES string of the molecule is O=C(Nc1cc(Cl)ccc1OCc1cc(=O)n2ccsc2n1)c1ccc(F)cc1. The van der Waals surface area contributed by atoms with Crippen LogP contribution in [0, 0.1) is 5.82 Å². The van der Waals surface area contributed by atoms with Crippen LogP contribution in [0.5, 0.6) is 5.75 Å². The molecular formula is C20H13ClFN3O3S. The van der Waals surface area contributed by atoms with E-state index in [9.17, 15) is 14.0 Å². The van der Waals surface area contributed by atoms with Crippen LogP contribution in [0.3, 0.4) is 0 Å². The Morgan fingerprint density at radius 2 is 2.00 bits per heavy atom. The highest BCUT2D eigenvalue weighted by atomic mass is 35.5. The van der Waals surface area contributed by atoms with E-state index in [1.54, 1.807) is 29.8 Å². The number of carbonyl (C=O) groups is 1. The van der Waals surface area contributed by atoms with Crippen LogP contribution in [0.15, 0.2) is 64.9 Å². The first kappa shape index (κ1) is 19.1. The third kappa shape index (κ3) is 4.28. The topological polar surface area (TPSA) is 72.7 Å². The van der Waals surface area contributed by atoms with Crippen LogP contribution in [0.1, 0.15) is 16.1 Å². The third-order valence-corrected chi connectivity index (χ3v) is 5.02. The second-order valence-electron chi connectivity index (χ2n) is 6.03. The molecule has 0 aliphatic carbocycles. The molecule has 1 N–H and O–H groups in total. The van der Waals surface area contributed by atoms with Crippen molar-refractivity contribution in [3.8, 4) is 5.75 Å². The normalized spacial score (nSPS) is 10.8. The molecule has 0 spiro atoms. The largest absolute Gasteiger partial charge is 0.485 e. The molecule has 0 atom stereocenters. The molecule has 0 unspecified atom stereocenters. The molecule has 0 bridgehead atoms. The lowest BCUT2D eigenvalue weighted by Crippen LogP contribution is -2.15. The highest BCUT2D eigenvalue weighted by molar-refractivity contribution is 7.15. The number of carbonyl (C=O) groups excluding carboxylic acids is 1. The fourth-order valence-corrected chi connectivity index (χ4v) is 3.55. The van der Waals surface area contributed by atoms with Gasteiger partial charge in [-0.25, -0.2) is 9.37 Å². The highest BCUT2D eigenvalue weighted by Crippen LogP contribution is 2.29. The van der Waals surface area contributed by atoms with Gasteiger partial charge in [0.25, 0.3) is 11.5 Å². The predicted octanol–water partition coefficient (Wildman–Crippen LogP) is 4.38. The molecular weight excluding hydrogens is 417 g/mol. The maximum atomic E-state index is 13.1. The van der Waals surface area contributed by atoms with Crippen molar-refractivity contribution in [1.82, 2.24) is 9.38 Å². The van der Waals surface area contributed by atoms with Crippen molar-refractivity contribution < 1.29 is 13.9 Å². The molecule has 2 aromatic heterocycles. The summed E-state index contributed by atoms with van der Waals surface area (Å²) in [6, 6.07) is 11.3. The predicted molar refractivity (Wildman–Crippen MR) is 109 cm³/mol. The van der Waals surface area contributed by atoms with Gasteiger partial charge in [-0.15, -0.1) is 11.3 Å². The lowest BCUT2D eigenvalue weighted by atomic mass is 10.2. The molecule has 6 nitrogen and oxygen atoms in total. The van der Waals surface area contributed by atoms with Gasteiger partial charge in [0.15, 0.2) is 4.96 Å². The van der Waals surface area contributed by atoms with E-state index in [2.05, 4.69) is 10.3 Å². The molecule has 1 amide bonds. The first-order valence-corrected chi connectivity index (χ1v) is 9.70. The number of thiazole rings is 1. The number of halogens is 2. The zero-order valence-electron chi connectivity index (χ0n) is 14.8. The number of anilines is 1. The van der Waals surface area contributed by atoms with Gasteiger partial charge in [-0.1, -0.05) is 11.6 Å². The first-order chi connectivity index (χ1) is 14.0. The number of nitrogens with one attached hydrogen (secondary N) is 1. The Morgan fingerprint density at radius 3 is 2.79 bits per heavy atom. The monoisotopic (exact) mass is 429 g/mol. The number of benzene rings is 2. The summed E-state index contributed by atoms with van der Waals surface area (Å²) in [6.45, 7) is 0.0324. The van der Waals surface area contributed by atoms with Crippen molar-refractivity contribution in [2.24, 2.45) is 0 Å². The number of hydrogen-bond donors (Lipinski definition) is 1. The summed E-state index contributed by atoms with van der Waals surface area (Å²) in [5.41, 5.74) is 0.898. The summed E-state index contributed by atoms with van der Waals surface area (Å²) in [5.74, 6) is -0.508. The number of rotatable bonds is 5. The van der Waals surface area contributed by atoms with E-state index < -0.39 is 11.7 Å². The third-order valence-electron chi connectivity index (χ3n) is 4.03. The van der Waals surface area contributed by atoms with Crippen LogP contribution in [0.4, 0.5) is 10.1 Å². The number of hydrogen-bond acceptors (Lipinski definition) is 5. The molecule has 9 heteroatoms. The molecule has 0 radical (unpaired) electrons. The van der Waals surface area contributed by atoms with Crippen LogP contribution in [0.2, 0.25) is 5.02 Å². The molecule has 0 aliphatic heterocycles. The van der Waals surface area contributed by atoms with E-state index in [-0.39, 0.29) is 17.7 Å². The van der Waals surface area contributed by atoms with Crippen LogP contribution >= 0.6 is 22.9 Å². The summed E-state index contributed by atoms with van der Waals surface area (Å²) < 4.78 is 20.3. The smallest absolute Gasteiger partial charge is 0.258 e. The maximum Gasteiger partial charge on any atom is 0.258 e. The van der Waals surface area contributed by atoms with Gasteiger partial charge in [0, 0.05) is 28.2 Å². The molecule has 29 heavy (non-hydrogen) atoms. The minimum absolute atomic E-state index is 0.0324. The van der Waals surface area contributed by atoms with Gasteiger partial charge in [0.1, 0.15) is 18.2 Å². The van der Waals surface area contributed by atoms with E-state index in [0.29, 0.717) is 27.1 Å². The highest BCUT2D eigenvalue weighted by Gasteiger charge is 2.12. The lowest BCUT2D eigenvalue weighted by molar-refractivity contribution is 0.102. The molecule has 2 aromatic carbocycles. The molecule has 4 aromatic rings. The summed E-state index contributed by atoms with van der Waals surface area (Å²) >= 11 is 7.39. The standard InChI is InChI=1S/C20H13ClFN3O3S/c21-13-3-6-17(16(9-13)24-19(27)12-1-4-14(22)5-2-12)28-11-15-10-18(26)25-7-8-29-20(25)23-15/h1-10H,11H2,(H,24,27). The van der Waals surface area contributed by atoms with Crippen molar-refractivity contribution in [3.05, 3.63) is 92.6 Å². The Morgan fingerprint density at radius 1 is 1.21 bits per heavy atom. The second-order valence-corrected chi connectivity index (χ2v) is 7.34. The van der Waals surface area contributed by atoms with Gasteiger partial charge in [0.2, 0.25) is 0 Å². The summed E-state index contributed by atoms with van der Waals surface area (Å²) in [6.07, 6.45) is 1.66. The van der Waals surface area contributed by atoms with Crippen molar-refractivity contribution in [2.45, 2.75) is 6.61 Å². The van der Waals surface area contributed by atoms with Gasteiger partial charge >= 0.3 is 0 Å². The van der Waals surface area contributed by atoms with Crippen molar-refractivity contribution >= 4 is 39.5 Å². The summed E-state index contributed by atoms with van der Waals surface area (Å²) in [5, 5.41) is 4.89. The average molecular weight is 430 g/mol. The molecule has 2 heterocycles. The fourth-order valence-electron chi connectivity index (χ4n) is 2.63. The number of ether oxygens (including phenoxy) is 1. The molecule has 0 fully saturated rings. The van der Waals surface area contributed by atoms with E-state index in [1.165, 1.54) is 46.1 Å². The lowest BCUT2D eigenvalue weighted by Gasteiger charge is -2.13. The van der Waals surface area contributed by atoms with Crippen molar-refractivity contribution in [1.29, 1.82) is 0 Å². The fraction of sp³-hybridized carbons (Fsp3) is 0.0500. The van der Waals surface area contributed by atoms with Crippen LogP contribution in [0.25, 0.3) is 4.96 Å². The Bertz CT molecular complexity index is 1250. The summed E-state index contributed by atoms with van der Waals surface area (Å²) in [7, 11) is 0. The van der Waals surface area contributed by atoms with Gasteiger partial charge < -0.3 is 10.1 Å². The number of amides is 1. The van der Waals surface area contributed by atoms with Gasteiger partial charge in [-0.05, 0) is 42.5 Å². The van der Waals surface area contributed by atoms with Crippen LogP contribution in [-0.4, -0.2) is 15.3 Å². The Hall–Kier alpha value is -3.23. The van der Waals surface area contributed by atoms with Gasteiger partial charge in [-0.3, -0.25) is 14.0 Å². The number of aromatic nitrogens is 2. The molecule has 4 rings (SSSR count). The Balaban J connectivity index is 1.55. The Labute approximate surface area is 173 Å². The molecule has 0 aliphatic rings. The maximum absolute atomic E-state index is 13.1. The molecule has 0 saturated heterocycles. The number of nitrogens with zero attached hydrogens (tertiary/aromatic N) is 2. The molecule has 0 saturated carbocycles. The first-order valence-electron chi connectivity index (χ1n) is 8.45. The van der Waals surface area contributed by atoms with Crippen LogP contribution < -0.4 is 15.6 Å². The van der Waals surface area contributed by atoms with E-state index in [1.807, 2.05) is 0 Å². The van der Waals surface area contributed by atoms with Gasteiger partial charge in [0.05, 0.1) is 11.4 Å². The van der Waals surface area contributed by atoms with E-state index in [0.717, 1.165) is 0 Å². The van der Waals surface area contributed by atoms with Gasteiger partial charge in [-0.2, -0.15) is 0 Å². The molecule has 146 valence electrons. The summed E-state index contributed by atoms with van der Waals surface area (Å²) in [4.78, 5) is 29.5. The second kappa shape index (κ2) is 8.02. The Kier molecular flexibility index (Phi) is 5.28. The zero-order valence-corrected chi connectivity index (χ0v) is 16.3. The average Bonchev–Trinajstić information content (AvgIpc) is 3.17. The van der Waals surface area contributed by atoms with Crippen molar-refractivity contribution in [2.75, 3.05) is 5.32 Å². The van der Waals surface area contributed by atoms with E-state index in [4.69, 9.17) is 16.3 Å². The number of fused-ring (bicyclic) bond motifs is 1. The van der Waals surface area contributed by atoms with Crippen LogP contribution in [-0.2, 0) is 6.61 Å². The zero-order chi connectivity index (χ0) is 20.4.